The molecule has 0 amide bonds. The van der Waals surface area contributed by atoms with Crippen LogP contribution in [-0.2, 0) is 11.3 Å². The van der Waals surface area contributed by atoms with E-state index in [2.05, 4.69) is 22.5 Å². The summed E-state index contributed by atoms with van der Waals surface area (Å²) in [7, 11) is 0. The molecule has 1 aromatic heterocycles. The number of carboxylic acids is 1. The Bertz CT molecular complexity index is 747. The molecule has 1 heterocycles. The summed E-state index contributed by atoms with van der Waals surface area (Å²) in [5.41, 5.74) is 2.12. The van der Waals surface area contributed by atoms with Crippen molar-refractivity contribution < 1.29 is 9.90 Å². The molecule has 3 rings (SSSR count). The molecule has 5 nitrogen and oxygen atoms in total. The molecule has 21 heavy (non-hydrogen) atoms. The molecule has 6 heteroatoms. The Balaban J connectivity index is 2.03. The SMILES string of the molecule is CC1CC1Cn1c(SCC(=O)O)nc2c(C#N)cccc21. The molecule has 2 atom stereocenters. The minimum absolute atomic E-state index is 0.0224. The normalized spacial score (nSPS) is 20.4. The van der Waals surface area contributed by atoms with E-state index in [-0.39, 0.29) is 5.75 Å². The van der Waals surface area contributed by atoms with Crippen molar-refractivity contribution in [1.29, 1.82) is 5.26 Å². The Kier molecular flexibility index (Phi) is 3.60. The maximum Gasteiger partial charge on any atom is 0.313 e. The summed E-state index contributed by atoms with van der Waals surface area (Å²) in [6, 6.07) is 7.69. The Morgan fingerprint density at radius 3 is 3.00 bits per heavy atom. The molecule has 2 unspecified atom stereocenters. The number of fused-ring (bicyclic) bond motifs is 1. The molecule has 0 saturated heterocycles. The highest BCUT2D eigenvalue weighted by Gasteiger charge is 2.33. The molecule has 0 aliphatic heterocycles. The summed E-state index contributed by atoms with van der Waals surface area (Å²) in [4.78, 5) is 15.3. The van der Waals surface area contributed by atoms with Gasteiger partial charge < -0.3 is 9.67 Å². The molecule has 1 aromatic carbocycles. The Morgan fingerprint density at radius 1 is 1.62 bits per heavy atom. The number of rotatable bonds is 5. The first-order valence-electron chi connectivity index (χ1n) is 6.84. The molecule has 1 N–H and O–H groups in total. The number of carboxylic acid groups (broad SMARTS) is 1. The zero-order valence-electron chi connectivity index (χ0n) is 11.6. The highest BCUT2D eigenvalue weighted by Crippen LogP contribution is 2.40. The number of imidazole rings is 1. The van der Waals surface area contributed by atoms with Crippen LogP contribution >= 0.6 is 11.8 Å². The van der Waals surface area contributed by atoms with Crippen LogP contribution in [0, 0.1) is 23.2 Å². The van der Waals surface area contributed by atoms with Crippen molar-refractivity contribution in [3.8, 4) is 6.07 Å². The van der Waals surface area contributed by atoms with Crippen molar-refractivity contribution >= 4 is 28.8 Å². The third kappa shape index (κ3) is 2.74. The van der Waals surface area contributed by atoms with E-state index in [0.29, 0.717) is 28.1 Å². The summed E-state index contributed by atoms with van der Waals surface area (Å²) >= 11 is 1.21. The largest absolute Gasteiger partial charge is 0.481 e. The highest BCUT2D eigenvalue weighted by molar-refractivity contribution is 7.99. The van der Waals surface area contributed by atoms with Crippen LogP contribution in [0.4, 0.5) is 0 Å². The van der Waals surface area contributed by atoms with Gasteiger partial charge in [0.25, 0.3) is 0 Å². The molecule has 1 saturated carbocycles. The van der Waals surface area contributed by atoms with Crippen LogP contribution < -0.4 is 0 Å². The molecule has 0 radical (unpaired) electrons. The number of aromatic nitrogens is 2. The van der Waals surface area contributed by atoms with E-state index in [0.717, 1.165) is 12.1 Å². The van der Waals surface area contributed by atoms with E-state index in [9.17, 15) is 10.1 Å². The van der Waals surface area contributed by atoms with E-state index < -0.39 is 5.97 Å². The zero-order chi connectivity index (χ0) is 15.0. The van der Waals surface area contributed by atoms with Crippen molar-refractivity contribution in [3.05, 3.63) is 23.8 Å². The molecular formula is C15H15N3O2S. The lowest BCUT2D eigenvalue weighted by Gasteiger charge is -2.07. The maximum atomic E-state index is 10.8. The zero-order valence-corrected chi connectivity index (χ0v) is 12.4. The van der Waals surface area contributed by atoms with E-state index in [4.69, 9.17) is 5.11 Å². The molecule has 1 aliphatic carbocycles. The lowest BCUT2D eigenvalue weighted by atomic mass is 10.2. The number of aliphatic carboxylic acids is 1. The lowest BCUT2D eigenvalue weighted by Crippen LogP contribution is -2.05. The first-order chi connectivity index (χ1) is 10.1. The van der Waals surface area contributed by atoms with Crippen molar-refractivity contribution in [2.45, 2.75) is 25.0 Å². The van der Waals surface area contributed by atoms with Gasteiger partial charge in [-0.25, -0.2) is 4.98 Å². The number of nitrogens with zero attached hydrogens (tertiary/aromatic N) is 3. The van der Waals surface area contributed by atoms with E-state index >= 15 is 0 Å². The van der Waals surface area contributed by atoms with Crippen molar-refractivity contribution in [2.75, 3.05) is 5.75 Å². The Hall–Kier alpha value is -2.00. The van der Waals surface area contributed by atoms with Gasteiger partial charge in [-0.3, -0.25) is 4.79 Å². The van der Waals surface area contributed by atoms with Gasteiger partial charge in [-0.1, -0.05) is 24.8 Å². The molecule has 0 spiro atoms. The van der Waals surface area contributed by atoms with Gasteiger partial charge in [-0.15, -0.1) is 0 Å². The number of benzene rings is 1. The van der Waals surface area contributed by atoms with Crippen LogP contribution in [0.15, 0.2) is 23.4 Å². The van der Waals surface area contributed by atoms with Gasteiger partial charge in [0.1, 0.15) is 11.6 Å². The van der Waals surface area contributed by atoms with Gasteiger partial charge in [-0.2, -0.15) is 5.26 Å². The fraction of sp³-hybridized carbons (Fsp3) is 0.400. The van der Waals surface area contributed by atoms with Gasteiger partial charge in [-0.05, 0) is 30.4 Å². The quantitative estimate of drug-likeness (QED) is 0.859. The number of nitriles is 1. The second-order valence-corrected chi connectivity index (χ2v) is 6.39. The first-order valence-corrected chi connectivity index (χ1v) is 7.82. The average molecular weight is 301 g/mol. The predicted molar refractivity (Wildman–Crippen MR) is 80.1 cm³/mol. The standard InChI is InChI=1S/C15H15N3O2S/c1-9-5-11(9)7-18-12-4-2-3-10(6-16)14(12)17-15(18)21-8-13(19)20/h2-4,9,11H,5,7-8H2,1H3,(H,19,20). The van der Waals surface area contributed by atoms with Crippen LogP contribution in [0.2, 0.25) is 0 Å². The summed E-state index contributed by atoms with van der Waals surface area (Å²) in [6.07, 6.45) is 1.20. The Morgan fingerprint density at radius 2 is 2.38 bits per heavy atom. The van der Waals surface area contributed by atoms with Crippen molar-refractivity contribution in [1.82, 2.24) is 9.55 Å². The van der Waals surface area contributed by atoms with E-state index in [1.807, 2.05) is 12.1 Å². The number of carbonyl (C=O) groups is 1. The summed E-state index contributed by atoms with van der Waals surface area (Å²) in [6.45, 7) is 3.06. The van der Waals surface area contributed by atoms with Gasteiger partial charge in [0, 0.05) is 6.54 Å². The number of thioether (sulfide) groups is 1. The topological polar surface area (TPSA) is 78.9 Å². The number of para-hydroxylation sites is 1. The monoisotopic (exact) mass is 301 g/mol. The number of hydrogen-bond acceptors (Lipinski definition) is 4. The van der Waals surface area contributed by atoms with Crippen LogP contribution in [0.1, 0.15) is 18.9 Å². The summed E-state index contributed by atoms with van der Waals surface area (Å²) in [5.74, 6) is 0.445. The van der Waals surface area contributed by atoms with Crippen LogP contribution in [-0.4, -0.2) is 26.4 Å². The number of hydrogen-bond donors (Lipinski definition) is 1. The molecule has 2 aromatic rings. The van der Waals surface area contributed by atoms with E-state index in [1.165, 1.54) is 18.2 Å². The molecular weight excluding hydrogens is 286 g/mol. The predicted octanol–water partition coefficient (Wildman–Crippen LogP) is 2.74. The lowest BCUT2D eigenvalue weighted by molar-refractivity contribution is -0.133. The third-order valence-corrected chi connectivity index (χ3v) is 4.84. The molecule has 108 valence electrons. The molecule has 1 fully saturated rings. The first kappa shape index (κ1) is 14.0. The Labute approximate surface area is 126 Å². The fourth-order valence-corrected chi connectivity index (χ4v) is 3.25. The maximum absolute atomic E-state index is 10.8. The average Bonchev–Trinajstić information content (AvgIpc) is 3.04. The van der Waals surface area contributed by atoms with Crippen LogP contribution in [0.5, 0.6) is 0 Å². The minimum atomic E-state index is -0.862. The van der Waals surface area contributed by atoms with Gasteiger partial charge >= 0.3 is 5.97 Å². The summed E-state index contributed by atoms with van der Waals surface area (Å²) < 4.78 is 2.07. The van der Waals surface area contributed by atoms with Gasteiger partial charge in [0.15, 0.2) is 5.16 Å². The van der Waals surface area contributed by atoms with Crippen LogP contribution in [0.3, 0.4) is 0 Å². The van der Waals surface area contributed by atoms with Crippen molar-refractivity contribution in [2.24, 2.45) is 11.8 Å². The molecule has 1 aliphatic rings. The van der Waals surface area contributed by atoms with Crippen LogP contribution in [0.25, 0.3) is 11.0 Å². The highest BCUT2D eigenvalue weighted by atomic mass is 32.2. The van der Waals surface area contributed by atoms with Gasteiger partial charge in [0.2, 0.25) is 0 Å². The third-order valence-electron chi connectivity index (χ3n) is 3.88. The minimum Gasteiger partial charge on any atom is -0.481 e. The van der Waals surface area contributed by atoms with E-state index in [1.54, 1.807) is 6.07 Å². The van der Waals surface area contributed by atoms with Gasteiger partial charge in [0.05, 0.1) is 16.8 Å². The molecule has 0 bridgehead atoms. The fourth-order valence-electron chi connectivity index (χ4n) is 2.52. The summed E-state index contributed by atoms with van der Waals surface area (Å²) in [5, 5.41) is 18.7. The van der Waals surface area contributed by atoms with Crippen molar-refractivity contribution in [3.63, 3.8) is 0 Å². The second kappa shape index (κ2) is 5.41. The second-order valence-electron chi connectivity index (χ2n) is 5.45. The smallest absolute Gasteiger partial charge is 0.313 e.